The van der Waals surface area contributed by atoms with Crippen LogP contribution < -0.4 is 5.32 Å². The number of carbonyl (C=O) groups is 2. The molecule has 0 saturated carbocycles. The van der Waals surface area contributed by atoms with Crippen molar-refractivity contribution in [2.45, 2.75) is 26.7 Å². The second-order valence-electron chi connectivity index (χ2n) is 7.04. The summed E-state index contributed by atoms with van der Waals surface area (Å²) in [5, 5.41) is 3.99. The fourth-order valence-corrected chi connectivity index (χ4v) is 3.31. The number of anilines is 1. The van der Waals surface area contributed by atoms with E-state index in [1.807, 2.05) is 32.0 Å². The van der Waals surface area contributed by atoms with E-state index in [0.29, 0.717) is 40.3 Å². The number of likely N-dealkylation sites (N-methyl/N-ethyl adjacent to an activating group) is 1. The molecule has 0 aliphatic heterocycles. The topological polar surface area (TPSA) is 75.4 Å². The van der Waals surface area contributed by atoms with Gasteiger partial charge in [-0.1, -0.05) is 29.3 Å². The Labute approximate surface area is 191 Å². The van der Waals surface area contributed by atoms with Crippen molar-refractivity contribution in [1.29, 1.82) is 0 Å². The Morgan fingerprint density at radius 1 is 1.10 bits per heavy atom. The zero-order valence-corrected chi connectivity index (χ0v) is 18.8. The summed E-state index contributed by atoms with van der Waals surface area (Å²) >= 11 is 11.9. The Morgan fingerprint density at radius 3 is 2.52 bits per heavy atom. The molecule has 0 atom stereocenters. The minimum absolute atomic E-state index is 0.0388. The average Bonchev–Trinajstić information content (AvgIpc) is 3.22. The molecule has 8 heteroatoms. The summed E-state index contributed by atoms with van der Waals surface area (Å²) in [4.78, 5) is 30.8. The van der Waals surface area contributed by atoms with Gasteiger partial charge in [0.25, 0.3) is 0 Å². The van der Waals surface area contributed by atoms with Crippen molar-refractivity contribution >= 4 is 40.7 Å². The molecule has 3 rings (SSSR count). The number of nitrogens with one attached hydrogen (secondary N) is 1. The molecule has 31 heavy (non-hydrogen) atoms. The van der Waals surface area contributed by atoms with Crippen LogP contribution in [0.3, 0.4) is 0 Å². The first-order valence-electron chi connectivity index (χ1n) is 9.90. The lowest BCUT2D eigenvalue weighted by Gasteiger charge is -2.20. The van der Waals surface area contributed by atoms with Crippen LogP contribution in [0.4, 0.5) is 5.69 Å². The van der Waals surface area contributed by atoms with Gasteiger partial charge in [0.05, 0.1) is 12.7 Å². The second-order valence-corrected chi connectivity index (χ2v) is 7.91. The number of nitrogens with zero attached hydrogens (tertiary/aromatic N) is 2. The lowest BCUT2D eigenvalue weighted by Crippen LogP contribution is -2.38. The van der Waals surface area contributed by atoms with Crippen LogP contribution in [-0.2, 0) is 16.0 Å². The van der Waals surface area contributed by atoms with E-state index in [9.17, 15) is 9.59 Å². The number of hydrogen-bond acceptors (Lipinski definition) is 4. The van der Waals surface area contributed by atoms with Gasteiger partial charge in [0.1, 0.15) is 0 Å². The molecule has 0 aliphatic rings. The predicted molar refractivity (Wildman–Crippen MR) is 122 cm³/mol. The van der Waals surface area contributed by atoms with Crippen molar-refractivity contribution in [3.8, 4) is 11.3 Å². The van der Waals surface area contributed by atoms with Crippen LogP contribution >= 0.6 is 23.2 Å². The Balaban J connectivity index is 1.54. The highest BCUT2D eigenvalue weighted by Crippen LogP contribution is 2.23. The molecule has 6 nitrogen and oxygen atoms in total. The fourth-order valence-electron chi connectivity index (χ4n) is 3.01. The highest BCUT2D eigenvalue weighted by atomic mass is 35.5. The molecule has 1 aromatic heterocycles. The van der Waals surface area contributed by atoms with Gasteiger partial charge in [-0.15, -0.1) is 0 Å². The van der Waals surface area contributed by atoms with Crippen molar-refractivity contribution in [2.75, 3.05) is 18.4 Å². The smallest absolute Gasteiger partial charge is 0.244 e. The van der Waals surface area contributed by atoms with Gasteiger partial charge in [-0.25, -0.2) is 4.98 Å². The zero-order chi connectivity index (χ0) is 22.4. The number of benzene rings is 2. The van der Waals surface area contributed by atoms with Gasteiger partial charge < -0.3 is 14.6 Å². The molecular formula is C23H23Cl2N3O3. The van der Waals surface area contributed by atoms with Crippen LogP contribution in [0.15, 0.2) is 53.1 Å². The lowest BCUT2D eigenvalue weighted by atomic mass is 10.2. The maximum absolute atomic E-state index is 12.6. The van der Waals surface area contributed by atoms with Crippen LogP contribution in [0, 0.1) is 6.92 Å². The zero-order valence-electron chi connectivity index (χ0n) is 17.3. The van der Waals surface area contributed by atoms with Gasteiger partial charge >= 0.3 is 0 Å². The first-order chi connectivity index (χ1) is 14.9. The summed E-state index contributed by atoms with van der Waals surface area (Å²) in [5.41, 5.74) is 2.39. The summed E-state index contributed by atoms with van der Waals surface area (Å²) in [7, 11) is 0. The maximum atomic E-state index is 12.6. The van der Waals surface area contributed by atoms with Gasteiger partial charge in [-0.3, -0.25) is 9.59 Å². The van der Waals surface area contributed by atoms with Gasteiger partial charge in [0, 0.05) is 40.7 Å². The Bertz CT molecular complexity index is 1060. The predicted octanol–water partition coefficient (Wildman–Crippen LogP) is 5.38. The summed E-state index contributed by atoms with van der Waals surface area (Å²) < 4.78 is 5.74. The van der Waals surface area contributed by atoms with Crippen molar-refractivity contribution in [2.24, 2.45) is 0 Å². The quantitative estimate of drug-likeness (QED) is 0.490. The van der Waals surface area contributed by atoms with Crippen LogP contribution in [-0.4, -0.2) is 34.8 Å². The minimum atomic E-state index is -0.276. The van der Waals surface area contributed by atoms with E-state index in [4.69, 9.17) is 27.6 Å². The maximum Gasteiger partial charge on any atom is 0.244 e. The monoisotopic (exact) mass is 459 g/mol. The van der Waals surface area contributed by atoms with Crippen LogP contribution in [0.1, 0.15) is 24.8 Å². The number of oxazole rings is 1. The van der Waals surface area contributed by atoms with Crippen molar-refractivity contribution < 1.29 is 14.0 Å². The summed E-state index contributed by atoms with van der Waals surface area (Å²) in [6.07, 6.45) is 2.16. The third-order valence-corrected chi connectivity index (χ3v) is 5.26. The first-order valence-corrected chi connectivity index (χ1v) is 10.7. The minimum Gasteiger partial charge on any atom is -0.441 e. The SMILES string of the molecule is CCN(CC(=O)Nc1cc(Cl)ccc1C)C(=O)CCc1ncc(-c2ccc(Cl)cc2)o1. The normalized spacial score (nSPS) is 10.7. The molecule has 1 N–H and O–H groups in total. The molecule has 0 bridgehead atoms. The number of carbonyl (C=O) groups excluding carboxylic acids is 2. The fraction of sp³-hybridized carbons (Fsp3) is 0.261. The molecule has 2 amide bonds. The molecule has 0 saturated heterocycles. The Kier molecular flexibility index (Phi) is 7.71. The summed E-state index contributed by atoms with van der Waals surface area (Å²) in [6, 6.07) is 12.5. The molecular weight excluding hydrogens is 437 g/mol. The van der Waals surface area contributed by atoms with Crippen LogP contribution in [0.5, 0.6) is 0 Å². The number of hydrogen-bond donors (Lipinski definition) is 1. The van der Waals surface area contributed by atoms with E-state index < -0.39 is 0 Å². The van der Waals surface area contributed by atoms with E-state index in [1.165, 1.54) is 4.90 Å². The summed E-state index contributed by atoms with van der Waals surface area (Å²) in [6.45, 7) is 4.09. The van der Waals surface area contributed by atoms with E-state index >= 15 is 0 Å². The van der Waals surface area contributed by atoms with Gasteiger partial charge in [-0.05, 0) is 55.8 Å². The molecule has 0 spiro atoms. The number of halogens is 2. The average molecular weight is 460 g/mol. The van der Waals surface area contributed by atoms with Crippen molar-refractivity contribution in [3.05, 3.63) is 70.2 Å². The molecule has 0 aliphatic carbocycles. The molecule has 162 valence electrons. The molecule has 0 fully saturated rings. The van der Waals surface area contributed by atoms with E-state index in [-0.39, 0.29) is 24.8 Å². The molecule has 0 unspecified atom stereocenters. The number of amides is 2. The Hall–Kier alpha value is -2.83. The largest absolute Gasteiger partial charge is 0.441 e. The Morgan fingerprint density at radius 2 is 1.81 bits per heavy atom. The number of aryl methyl sites for hydroxylation is 2. The first kappa shape index (κ1) is 22.8. The van der Waals surface area contributed by atoms with E-state index in [1.54, 1.807) is 30.5 Å². The third-order valence-electron chi connectivity index (χ3n) is 4.78. The van der Waals surface area contributed by atoms with E-state index in [2.05, 4.69) is 10.3 Å². The number of aromatic nitrogens is 1. The van der Waals surface area contributed by atoms with Crippen LogP contribution in [0.25, 0.3) is 11.3 Å². The highest BCUT2D eigenvalue weighted by Gasteiger charge is 2.17. The molecule has 0 radical (unpaired) electrons. The number of rotatable bonds is 8. The molecule has 2 aromatic carbocycles. The van der Waals surface area contributed by atoms with Crippen molar-refractivity contribution in [3.63, 3.8) is 0 Å². The van der Waals surface area contributed by atoms with Gasteiger partial charge in [0.2, 0.25) is 11.8 Å². The van der Waals surface area contributed by atoms with Gasteiger partial charge in [-0.2, -0.15) is 0 Å². The third kappa shape index (κ3) is 6.32. The lowest BCUT2D eigenvalue weighted by molar-refractivity contribution is -0.134. The van der Waals surface area contributed by atoms with Crippen molar-refractivity contribution in [1.82, 2.24) is 9.88 Å². The highest BCUT2D eigenvalue weighted by molar-refractivity contribution is 6.31. The van der Waals surface area contributed by atoms with Gasteiger partial charge in [0.15, 0.2) is 11.7 Å². The second kappa shape index (κ2) is 10.5. The molecule has 1 heterocycles. The van der Waals surface area contributed by atoms with E-state index in [0.717, 1.165) is 11.1 Å². The molecule has 3 aromatic rings. The standard InChI is InChI=1S/C23H23Cl2N3O3/c1-3-28(14-21(29)27-19-12-18(25)7-4-15(19)2)23(30)11-10-22-26-13-20(31-22)16-5-8-17(24)9-6-16/h4-9,12-13H,3,10-11,14H2,1-2H3,(H,27,29). The summed E-state index contributed by atoms with van der Waals surface area (Å²) in [5.74, 6) is 0.657. The van der Waals surface area contributed by atoms with Crippen LogP contribution in [0.2, 0.25) is 10.0 Å².